The lowest BCUT2D eigenvalue weighted by Crippen LogP contribution is -2.47. The summed E-state index contributed by atoms with van der Waals surface area (Å²) >= 11 is 0. The van der Waals surface area contributed by atoms with E-state index in [0.29, 0.717) is 17.2 Å². The molecule has 8 nitrogen and oxygen atoms in total. The molecule has 194 valence electrons. The number of anilines is 1. The first-order valence-corrected chi connectivity index (χ1v) is 13.6. The van der Waals surface area contributed by atoms with E-state index in [4.69, 9.17) is 15.6 Å². The largest absolute Gasteiger partial charge is 0.457 e. The molecule has 37 heavy (non-hydrogen) atoms. The molecule has 8 heteroatoms. The fourth-order valence-electron chi connectivity index (χ4n) is 6.32. The molecule has 6 rings (SSSR count). The second kappa shape index (κ2) is 10.6. The highest BCUT2D eigenvalue weighted by Gasteiger charge is 2.36. The molecule has 2 fully saturated rings. The number of aromatic nitrogens is 2. The second-order valence-corrected chi connectivity index (χ2v) is 10.5. The van der Waals surface area contributed by atoms with E-state index in [1.807, 2.05) is 54.6 Å². The minimum Gasteiger partial charge on any atom is -0.457 e. The van der Waals surface area contributed by atoms with Gasteiger partial charge >= 0.3 is 0 Å². The third-order valence-corrected chi connectivity index (χ3v) is 8.25. The quantitative estimate of drug-likeness (QED) is 0.468. The Labute approximate surface area is 218 Å². The molecule has 2 saturated heterocycles. The van der Waals surface area contributed by atoms with Crippen LogP contribution in [-0.4, -0.2) is 59.4 Å². The summed E-state index contributed by atoms with van der Waals surface area (Å²) in [5.41, 5.74) is 7.89. The van der Waals surface area contributed by atoms with Crippen LogP contribution in [-0.2, 0) is 0 Å². The van der Waals surface area contributed by atoms with Crippen molar-refractivity contribution < 1.29 is 9.53 Å². The molecule has 4 N–H and O–H groups in total. The van der Waals surface area contributed by atoms with Crippen molar-refractivity contribution in [2.24, 2.45) is 11.7 Å². The van der Waals surface area contributed by atoms with Crippen LogP contribution in [0.2, 0.25) is 0 Å². The van der Waals surface area contributed by atoms with Crippen LogP contribution in [0.1, 0.15) is 48.5 Å². The Kier molecular flexibility index (Phi) is 6.85. The zero-order chi connectivity index (χ0) is 25.2. The Bertz CT molecular complexity index is 1210. The fourth-order valence-corrected chi connectivity index (χ4v) is 6.32. The SMILES string of the molecule is NC(=O)c1c(-c2ccc(Oc3ccccc3)cc2)nn2c1NCCC2C1CCN(C2CCNCC2)CC1. The summed E-state index contributed by atoms with van der Waals surface area (Å²) in [6.07, 6.45) is 5.85. The molecule has 1 aromatic heterocycles. The number of para-hydroxylation sites is 1. The Morgan fingerprint density at radius 2 is 1.59 bits per heavy atom. The lowest BCUT2D eigenvalue weighted by molar-refractivity contribution is 0.0882. The Morgan fingerprint density at radius 1 is 0.892 bits per heavy atom. The van der Waals surface area contributed by atoms with Crippen molar-refractivity contribution in [3.63, 3.8) is 0 Å². The third-order valence-electron chi connectivity index (χ3n) is 8.25. The Morgan fingerprint density at radius 3 is 2.30 bits per heavy atom. The summed E-state index contributed by atoms with van der Waals surface area (Å²) in [6, 6.07) is 18.4. The number of likely N-dealkylation sites (tertiary alicyclic amines) is 1. The van der Waals surface area contributed by atoms with Gasteiger partial charge in [0.25, 0.3) is 5.91 Å². The number of hydrogen-bond acceptors (Lipinski definition) is 6. The zero-order valence-electron chi connectivity index (χ0n) is 21.2. The molecule has 0 aliphatic carbocycles. The second-order valence-electron chi connectivity index (χ2n) is 10.5. The van der Waals surface area contributed by atoms with Crippen molar-refractivity contribution in [2.75, 3.05) is 38.0 Å². The summed E-state index contributed by atoms with van der Waals surface area (Å²) < 4.78 is 8.01. The van der Waals surface area contributed by atoms with Gasteiger partial charge in [0.05, 0.1) is 6.04 Å². The summed E-state index contributed by atoms with van der Waals surface area (Å²) in [7, 11) is 0. The Hall–Kier alpha value is -3.36. The predicted octanol–water partition coefficient (Wildman–Crippen LogP) is 4.26. The monoisotopic (exact) mass is 500 g/mol. The number of rotatable bonds is 6. The molecule has 3 aromatic rings. The first-order valence-electron chi connectivity index (χ1n) is 13.6. The fraction of sp³-hybridized carbons (Fsp3) is 0.448. The number of fused-ring (bicyclic) bond motifs is 1. The molecular weight excluding hydrogens is 464 g/mol. The zero-order valence-corrected chi connectivity index (χ0v) is 21.2. The van der Waals surface area contributed by atoms with Crippen LogP contribution in [0, 0.1) is 5.92 Å². The van der Waals surface area contributed by atoms with E-state index in [9.17, 15) is 4.79 Å². The molecule has 1 atom stereocenters. The van der Waals surface area contributed by atoms with Crippen molar-refractivity contribution >= 4 is 11.7 Å². The maximum Gasteiger partial charge on any atom is 0.254 e. The number of nitrogens with zero attached hydrogens (tertiary/aromatic N) is 3. The maximum absolute atomic E-state index is 12.6. The van der Waals surface area contributed by atoms with Gasteiger partial charge in [0.15, 0.2) is 0 Å². The molecule has 3 aliphatic rings. The number of piperidine rings is 2. The van der Waals surface area contributed by atoms with E-state index in [1.54, 1.807) is 0 Å². The molecule has 0 saturated carbocycles. The van der Waals surface area contributed by atoms with E-state index in [-0.39, 0.29) is 6.04 Å². The lowest BCUT2D eigenvalue weighted by atomic mass is 9.86. The molecule has 1 unspecified atom stereocenters. The van der Waals surface area contributed by atoms with Crippen molar-refractivity contribution in [3.8, 4) is 22.8 Å². The van der Waals surface area contributed by atoms with Gasteiger partial charge in [0, 0.05) is 18.2 Å². The van der Waals surface area contributed by atoms with Gasteiger partial charge < -0.3 is 26.0 Å². The number of primary amides is 1. The summed E-state index contributed by atoms with van der Waals surface area (Å²) in [5.74, 6) is 2.38. The van der Waals surface area contributed by atoms with E-state index in [1.165, 1.54) is 25.7 Å². The molecule has 0 spiro atoms. The van der Waals surface area contributed by atoms with Crippen LogP contribution in [0.15, 0.2) is 54.6 Å². The van der Waals surface area contributed by atoms with Gasteiger partial charge in [0.2, 0.25) is 0 Å². The molecule has 4 heterocycles. The van der Waals surface area contributed by atoms with Gasteiger partial charge in [-0.2, -0.15) is 5.10 Å². The van der Waals surface area contributed by atoms with Crippen molar-refractivity contribution in [2.45, 2.75) is 44.2 Å². The third kappa shape index (κ3) is 4.95. The number of hydrogen-bond donors (Lipinski definition) is 3. The number of nitrogens with one attached hydrogen (secondary N) is 2. The van der Waals surface area contributed by atoms with Gasteiger partial charge in [-0.1, -0.05) is 18.2 Å². The average Bonchev–Trinajstić information content (AvgIpc) is 3.35. The van der Waals surface area contributed by atoms with Gasteiger partial charge in [-0.3, -0.25) is 4.79 Å². The first-order chi connectivity index (χ1) is 18.2. The van der Waals surface area contributed by atoms with Crippen LogP contribution >= 0.6 is 0 Å². The lowest BCUT2D eigenvalue weighted by Gasteiger charge is -2.42. The van der Waals surface area contributed by atoms with Crippen molar-refractivity contribution in [1.29, 1.82) is 0 Å². The molecule has 2 aromatic carbocycles. The minimum absolute atomic E-state index is 0.277. The van der Waals surface area contributed by atoms with Crippen LogP contribution < -0.4 is 21.1 Å². The first kappa shape index (κ1) is 24.0. The number of nitrogens with two attached hydrogens (primary N) is 1. The summed E-state index contributed by atoms with van der Waals surface area (Å²) in [4.78, 5) is 15.3. The van der Waals surface area contributed by atoms with Gasteiger partial charge in [-0.25, -0.2) is 4.68 Å². The highest BCUT2D eigenvalue weighted by Crippen LogP contribution is 2.40. The molecule has 0 radical (unpaired) electrons. The molecule has 3 aliphatic heterocycles. The summed E-state index contributed by atoms with van der Waals surface area (Å²) in [6.45, 7) is 5.39. The predicted molar refractivity (Wildman–Crippen MR) is 145 cm³/mol. The molecule has 0 bridgehead atoms. The van der Waals surface area contributed by atoms with Crippen LogP contribution in [0.25, 0.3) is 11.3 Å². The molecule has 1 amide bonds. The maximum atomic E-state index is 12.6. The van der Waals surface area contributed by atoms with Gasteiger partial charge in [0.1, 0.15) is 28.6 Å². The number of ether oxygens (including phenoxy) is 1. The summed E-state index contributed by atoms with van der Waals surface area (Å²) in [5, 5.41) is 11.9. The van der Waals surface area contributed by atoms with Gasteiger partial charge in [-0.15, -0.1) is 0 Å². The number of carbonyl (C=O) groups is 1. The van der Waals surface area contributed by atoms with Crippen LogP contribution in [0.5, 0.6) is 11.5 Å². The van der Waals surface area contributed by atoms with Gasteiger partial charge in [-0.05, 0) is 101 Å². The molecular formula is C29H36N6O2. The smallest absolute Gasteiger partial charge is 0.254 e. The topological polar surface area (TPSA) is 97.4 Å². The minimum atomic E-state index is -0.449. The number of benzene rings is 2. The number of amides is 1. The highest BCUT2D eigenvalue weighted by molar-refractivity contribution is 6.03. The van der Waals surface area contributed by atoms with E-state index >= 15 is 0 Å². The average molecular weight is 501 g/mol. The van der Waals surface area contributed by atoms with E-state index in [0.717, 1.165) is 68.1 Å². The Balaban J connectivity index is 1.22. The van der Waals surface area contributed by atoms with Crippen molar-refractivity contribution in [3.05, 3.63) is 60.2 Å². The number of carbonyl (C=O) groups excluding carboxylic acids is 1. The normalized spacial score (nSPS) is 21.2. The van der Waals surface area contributed by atoms with E-state index in [2.05, 4.69) is 20.2 Å². The van der Waals surface area contributed by atoms with Crippen molar-refractivity contribution in [1.82, 2.24) is 20.0 Å². The van der Waals surface area contributed by atoms with Crippen LogP contribution in [0.4, 0.5) is 5.82 Å². The standard InChI is InChI=1S/C29H36N6O2/c30-28(36)26-27(21-6-8-24(9-7-21)37-23-4-2-1-3-5-23)33-35-25(12-17-32-29(26)35)20-13-18-34(19-14-20)22-10-15-31-16-11-22/h1-9,20,22,25,31-32H,10-19H2,(H2,30,36). The highest BCUT2D eigenvalue weighted by atomic mass is 16.5. The van der Waals surface area contributed by atoms with E-state index < -0.39 is 5.91 Å². The van der Waals surface area contributed by atoms with Crippen LogP contribution in [0.3, 0.4) is 0 Å².